The first kappa shape index (κ1) is 10.6. The summed E-state index contributed by atoms with van der Waals surface area (Å²) in [5.41, 5.74) is -1.05. The van der Waals surface area contributed by atoms with Crippen molar-refractivity contribution in [1.29, 1.82) is 0 Å². The number of hydrogen-bond acceptors (Lipinski definition) is 2. The SMILES string of the molecule is O=C(O)c1cc2c(F)cc(Cl)cc2c(=O)[nH]1. The first-order chi connectivity index (χ1) is 7.49. The minimum Gasteiger partial charge on any atom is -0.477 e. The molecule has 4 nitrogen and oxygen atoms in total. The van der Waals surface area contributed by atoms with Crippen LogP contribution >= 0.6 is 11.6 Å². The van der Waals surface area contributed by atoms with Crippen molar-refractivity contribution >= 4 is 28.3 Å². The van der Waals surface area contributed by atoms with Gasteiger partial charge in [0.2, 0.25) is 0 Å². The summed E-state index contributed by atoms with van der Waals surface area (Å²) < 4.78 is 13.4. The monoisotopic (exact) mass is 241 g/mol. The van der Waals surface area contributed by atoms with Crippen LogP contribution in [-0.2, 0) is 0 Å². The van der Waals surface area contributed by atoms with Crippen LogP contribution in [0.25, 0.3) is 10.8 Å². The second-order valence-electron chi connectivity index (χ2n) is 3.17. The third-order valence-corrected chi connectivity index (χ3v) is 2.32. The van der Waals surface area contributed by atoms with Crippen LogP contribution in [0.5, 0.6) is 0 Å². The fraction of sp³-hybridized carbons (Fsp3) is 0. The van der Waals surface area contributed by atoms with Crippen molar-refractivity contribution in [1.82, 2.24) is 4.98 Å². The highest BCUT2D eigenvalue weighted by atomic mass is 35.5. The minimum atomic E-state index is -1.33. The number of H-pyrrole nitrogens is 1. The molecule has 0 amide bonds. The van der Waals surface area contributed by atoms with E-state index < -0.39 is 17.3 Å². The predicted octanol–water partition coefficient (Wildman–Crippen LogP) is 2.02. The summed E-state index contributed by atoms with van der Waals surface area (Å²) in [6, 6.07) is 3.37. The molecule has 1 heterocycles. The highest BCUT2D eigenvalue weighted by molar-refractivity contribution is 6.31. The largest absolute Gasteiger partial charge is 0.477 e. The number of hydrogen-bond donors (Lipinski definition) is 2. The Kier molecular flexibility index (Phi) is 2.40. The van der Waals surface area contributed by atoms with Crippen molar-refractivity contribution in [2.45, 2.75) is 0 Å². The van der Waals surface area contributed by atoms with Gasteiger partial charge in [0.15, 0.2) is 0 Å². The fourth-order valence-corrected chi connectivity index (χ4v) is 1.61. The molecule has 16 heavy (non-hydrogen) atoms. The Bertz CT molecular complexity index is 650. The standard InChI is InChI=1S/C10H5ClFNO3/c11-4-1-6-5(7(12)2-4)3-8(10(15)16)13-9(6)14/h1-3H,(H,13,14)(H,15,16). The van der Waals surface area contributed by atoms with Gasteiger partial charge in [0.25, 0.3) is 5.56 Å². The number of halogens is 2. The molecule has 0 saturated carbocycles. The molecule has 6 heteroatoms. The molecule has 0 atom stereocenters. The maximum absolute atomic E-state index is 13.4. The average molecular weight is 242 g/mol. The summed E-state index contributed by atoms with van der Waals surface area (Å²) in [5, 5.41) is 8.74. The molecule has 2 N–H and O–H groups in total. The third kappa shape index (κ3) is 1.65. The quantitative estimate of drug-likeness (QED) is 0.802. The van der Waals surface area contributed by atoms with Crippen LogP contribution in [0.4, 0.5) is 4.39 Å². The molecule has 2 rings (SSSR count). The molecule has 0 aliphatic rings. The molecular weight excluding hydrogens is 237 g/mol. The Labute approximate surface area is 93.3 Å². The van der Waals surface area contributed by atoms with Gasteiger partial charge < -0.3 is 10.1 Å². The van der Waals surface area contributed by atoms with Gasteiger partial charge in [-0.05, 0) is 18.2 Å². The molecule has 1 aromatic heterocycles. The molecular formula is C10H5ClFNO3. The van der Waals surface area contributed by atoms with Crippen LogP contribution in [0.2, 0.25) is 5.02 Å². The Morgan fingerprint density at radius 2 is 2.00 bits per heavy atom. The molecule has 0 bridgehead atoms. The van der Waals surface area contributed by atoms with Crippen LogP contribution in [-0.4, -0.2) is 16.1 Å². The lowest BCUT2D eigenvalue weighted by Gasteiger charge is -2.01. The van der Waals surface area contributed by atoms with Gasteiger partial charge in [-0.1, -0.05) is 11.6 Å². The first-order valence-electron chi connectivity index (χ1n) is 4.24. The zero-order valence-electron chi connectivity index (χ0n) is 7.75. The smallest absolute Gasteiger partial charge is 0.352 e. The summed E-state index contributed by atoms with van der Waals surface area (Å²) in [6.07, 6.45) is 0. The van der Waals surface area contributed by atoms with E-state index in [1.165, 1.54) is 6.07 Å². The van der Waals surface area contributed by atoms with Crippen LogP contribution in [0.15, 0.2) is 23.0 Å². The number of aromatic carboxylic acids is 1. The molecule has 0 saturated heterocycles. The maximum Gasteiger partial charge on any atom is 0.352 e. The van der Waals surface area contributed by atoms with Gasteiger partial charge in [0, 0.05) is 10.4 Å². The van der Waals surface area contributed by atoms with Crippen LogP contribution in [0, 0.1) is 5.82 Å². The van der Waals surface area contributed by atoms with Gasteiger partial charge in [0.1, 0.15) is 11.5 Å². The number of carbonyl (C=O) groups is 1. The summed E-state index contributed by atoms with van der Waals surface area (Å²) in [7, 11) is 0. The summed E-state index contributed by atoms with van der Waals surface area (Å²) in [6.45, 7) is 0. The second kappa shape index (κ2) is 3.61. The number of aromatic nitrogens is 1. The Morgan fingerprint density at radius 1 is 1.31 bits per heavy atom. The van der Waals surface area contributed by atoms with Gasteiger partial charge in [-0.25, -0.2) is 9.18 Å². The number of benzene rings is 1. The zero-order valence-corrected chi connectivity index (χ0v) is 8.51. The van der Waals surface area contributed by atoms with Crippen LogP contribution in [0.3, 0.4) is 0 Å². The third-order valence-electron chi connectivity index (χ3n) is 2.11. The van der Waals surface area contributed by atoms with Gasteiger partial charge in [-0.15, -0.1) is 0 Å². The highest BCUT2D eigenvalue weighted by Gasteiger charge is 2.11. The lowest BCUT2D eigenvalue weighted by molar-refractivity contribution is 0.0690. The van der Waals surface area contributed by atoms with Gasteiger partial charge in [0.05, 0.1) is 5.39 Å². The van der Waals surface area contributed by atoms with Gasteiger partial charge in [-0.2, -0.15) is 0 Å². The molecule has 0 unspecified atom stereocenters. The molecule has 2 aromatic rings. The molecule has 1 aromatic carbocycles. The van der Waals surface area contributed by atoms with Crippen molar-refractivity contribution in [2.24, 2.45) is 0 Å². The lowest BCUT2D eigenvalue weighted by atomic mass is 10.1. The van der Waals surface area contributed by atoms with E-state index >= 15 is 0 Å². The lowest BCUT2D eigenvalue weighted by Crippen LogP contribution is -2.13. The highest BCUT2D eigenvalue weighted by Crippen LogP contribution is 2.20. The summed E-state index contributed by atoms with van der Waals surface area (Å²) in [5.74, 6) is -2.05. The molecule has 82 valence electrons. The van der Waals surface area contributed by atoms with E-state index in [-0.39, 0.29) is 21.5 Å². The molecule has 0 aliphatic carbocycles. The average Bonchev–Trinajstić information content (AvgIpc) is 2.19. The number of aromatic amines is 1. The normalized spacial score (nSPS) is 10.6. The number of rotatable bonds is 1. The van der Waals surface area contributed by atoms with Crippen LogP contribution in [0.1, 0.15) is 10.5 Å². The van der Waals surface area contributed by atoms with E-state index in [4.69, 9.17) is 16.7 Å². The van der Waals surface area contributed by atoms with Crippen molar-refractivity contribution < 1.29 is 14.3 Å². The van der Waals surface area contributed by atoms with Crippen molar-refractivity contribution in [3.05, 3.63) is 45.1 Å². The Balaban J connectivity index is 2.93. The van der Waals surface area contributed by atoms with Crippen LogP contribution < -0.4 is 5.56 Å². The maximum atomic E-state index is 13.4. The van der Waals surface area contributed by atoms with E-state index in [1.807, 2.05) is 0 Å². The molecule has 0 fully saturated rings. The van der Waals surface area contributed by atoms with E-state index in [2.05, 4.69) is 4.98 Å². The topological polar surface area (TPSA) is 70.2 Å². The molecule has 0 radical (unpaired) electrons. The van der Waals surface area contributed by atoms with Crippen molar-refractivity contribution in [3.8, 4) is 0 Å². The Hall–Kier alpha value is -1.88. The number of carboxylic acid groups (broad SMARTS) is 1. The number of nitrogens with one attached hydrogen (secondary N) is 1. The predicted molar refractivity (Wildman–Crippen MR) is 56.5 cm³/mol. The number of fused-ring (bicyclic) bond motifs is 1. The summed E-state index contributed by atoms with van der Waals surface area (Å²) in [4.78, 5) is 24.2. The zero-order chi connectivity index (χ0) is 11.9. The van der Waals surface area contributed by atoms with E-state index in [1.54, 1.807) is 0 Å². The summed E-state index contributed by atoms with van der Waals surface area (Å²) >= 11 is 5.59. The fourth-order valence-electron chi connectivity index (χ4n) is 1.40. The number of carboxylic acids is 1. The minimum absolute atomic E-state index is 0.0231. The molecule has 0 aliphatic heterocycles. The van der Waals surface area contributed by atoms with Gasteiger partial charge >= 0.3 is 5.97 Å². The number of pyridine rings is 1. The first-order valence-corrected chi connectivity index (χ1v) is 4.62. The van der Waals surface area contributed by atoms with E-state index in [9.17, 15) is 14.0 Å². The van der Waals surface area contributed by atoms with E-state index in [0.29, 0.717) is 0 Å². The van der Waals surface area contributed by atoms with Gasteiger partial charge in [-0.3, -0.25) is 4.79 Å². The van der Waals surface area contributed by atoms with Crippen molar-refractivity contribution in [2.75, 3.05) is 0 Å². The Morgan fingerprint density at radius 3 is 2.62 bits per heavy atom. The van der Waals surface area contributed by atoms with E-state index in [0.717, 1.165) is 12.1 Å². The second-order valence-corrected chi connectivity index (χ2v) is 3.60. The molecule has 0 spiro atoms. The van der Waals surface area contributed by atoms with Crippen molar-refractivity contribution in [3.63, 3.8) is 0 Å².